The molecule has 0 saturated heterocycles. The molecule has 3 rings (SSSR count). The fourth-order valence-corrected chi connectivity index (χ4v) is 2.97. The monoisotopic (exact) mass is 399 g/mol. The number of rotatable bonds is 7. The van der Waals surface area contributed by atoms with Gasteiger partial charge in [0.05, 0.1) is 6.54 Å². The summed E-state index contributed by atoms with van der Waals surface area (Å²) < 4.78 is 1.81. The Bertz CT molecular complexity index is 968. The molecule has 0 aliphatic heterocycles. The van der Waals surface area contributed by atoms with Crippen LogP contribution in [0.4, 0.5) is 0 Å². The molecule has 0 fully saturated rings. The van der Waals surface area contributed by atoms with Gasteiger partial charge in [0, 0.05) is 16.8 Å². The molecule has 0 saturated carbocycles. The fraction of sp³-hybridized carbons (Fsp3) is 0.300. The molecule has 1 atom stereocenters. The van der Waals surface area contributed by atoms with Crippen LogP contribution in [0.25, 0.3) is 5.65 Å². The molecule has 1 aromatic carbocycles. The van der Waals surface area contributed by atoms with Crippen LogP contribution < -0.4 is 10.6 Å². The first-order chi connectivity index (χ1) is 13.4. The largest absolute Gasteiger partial charge is 0.347 e. The number of carbonyl (C=O) groups is 2. The van der Waals surface area contributed by atoms with Gasteiger partial charge in [-0.25, -0.2) is 0 Å². The Kier molecular flexibility index (Phi) is 6.26. The Morgan fingerprint density at radius 3 is 2.57 bits per heavy atom. The van der Waals surface area contributed by atoms with E-state index in [1.165, 1.54) is 0 Å². The number of benzene rings is 1. The van der Waals surface area contributed by atoms with Gasteiger partial charge in [-0.05, 0) is 48.7 Å². The van der Waals surface area contributed by atoms with Crippen LogP contribution >= 0.6 is 11.6 Å². The molecule has 2 aromatic heterocycles. The minimum Gasteiger partial charge on any atom is -0.347 e. The van der Waals surface area contributed by atoms with Crippen LogP contribution in [0.15, 0.2) is 48.7 Å². The van der Waals surface area contributed by atoms with Crippen molar-refractivity contribution in [1.82, 2.24) is 25.2 Å². The lowest BCUT2D eigenvalue weighted by molar-refractivity contribution is -0.123. The third-order valence-electron chi connectivity index (χ3n) is 4.24. The van der Waals surface area contributed by atoms with Crippen molar-refractivity contribution >= 4 is 29.1 Å². The first-order valence-electron chi connectivity index (χ1n) is 9.07. The van der Waals surface area contributed by atoms with Crippen LogP contribution in [0.1, 0.15) is 36.5 Å². The van der Waals surface area contributed by atoms with Crippen molar-refractivity contribution in [2.24, 2.45) is 5.92 Å². The molecule has 7 nitrogen and oxygen atoms in total. The number of hydrogen-bond acceptors (Lipinski definition) is 4. The summed E-state index contributed by atoms with van der Waals surface area (Å²) in [7, 11) is 0. The predicted octanol–water partition coefficient (Wildman–Crippen LogP) is 2.84. The summed E-state index contributed by atoms with van der Waals surface area (Å²) in [5.74, 6) is 0.278. The lowest BCUT2D eigenvalue weighted by Gasteiger charge is -2.20. The van der Waals surface area contributed by atoms with Gasteiger partial charge in [-0.1, -0.05) is 31.5 Å². The van der Waals surface area contributed by atoms with Crippen LogP contribution in [-0.4, -0.2) is 32.5 Å². The number of hydrogen-bond donors (Lipinski definition) is 2. The number of carbonyl (C=O) groups excluding carboxylic acids is 2. The molecular formula is C20H22ClN5O2. The van der Waals surface area contributed by atoms with Crippen LogP contribution in [0.5, 0.6) is 0 Å². The Balaban J connectivity index is 1.67. The number of halogens is 1. The molecule has 0 bridgehead atoms. The number of nitrogens with one attached hydrogen (secondary N) is 2. The Morgan fingerprint density at radius 1 is 1.11 bits per heavy atom. The summed E-state index contributed by atoms with van der Waals surface area (Å²) in [6.45, 7) is 4.22. The van der Waals surface area contributed by atoms with Crippen molar-refractivity contribution in [3.63, 3.8) is 0 Å². The van der Waals surface area contributed by atoms with Gasteiger partial charge in [-0.2, -0.15) is 0 Å². The molecule has 0 aliphatic rings. The van der Waals surface area contributed by atoms with E-state index in [1.807, 2.05) is 42.6 Å². The quantitative estimate of drug-likeness (QED) is 0.639. The zero-order chi connectivity index (χ0) is 20.1. The van der Waals surface area contributed by atoms with Crippen molar-refractivity contribution in [3.05, 3.63) is 65.1 Å². The number of pyridine rings is 1. The van der Waals surface area contributed by atoms with E-state index in [4.69, 9.17) is 11.6 Å². The third-order valence-corrected chi connectivity index (χ3v) is 4.49. The lowest BCUT2D eigenvalue weighted by atomic mass is 10.0. The predicted molar refractivity (Wildman–Crippen MR) is 107 cm³/mol. The van der Waals surface area contributed by atoms with Crippen LogP contribution in [0, 0.1) is 5.92 Å². The Labute approximate surface area is 168 Å². The van der Waals surface area contributed by atoms with Crippen LogP contribution in [0.2, 0.25) is 5.02 Å². The molecule has 0 aliphatic carbocycles. The molecule has 8 heteroatoms. The molecule has 0 radical (unpaired) electrons. The van der Waals surface area contributed by atoms with Gasteiger partial charge < -0.3 is 10.6 Å². The highest BCUT2D eigenvalue weighted by molar-refractivity contribution is 6.30. The average Bonchev–Trinajstić information content (AvgIpc) is 3.09. The molecule has 2 heterocycles. The lowest BCUT2D eigenvalue weighted by Crippen LogP contribution is -2.47. The van der Waals surface area contributed by atoms with E-state index in [2.05, 4.69) is 20.8 Å². The van der Waals surface area contributed by atoms with Gasteiger partial charge in [0.25, 0.3) is 5.91 Å². The van der Waals surface area contributed by atoms with Crippen LogP contribution in [-0.2, 0) is 11.3 Å². The Hall–Kier alpha value is -2.93. The minimum atomic E-state index is -0.651. The maximum absolute atomic E-state index is 12.7. The maximum Gasteiger partial charge on any atom is 0.251 e. The van der Waals surface area contributed by atoms with Crippen molar-refractivity contribution < 1.29 is 9.59 Å². The van der Waals surface area contributed by atoms with E-state index in [0.717, 1.165) is 0 Å². The van der Waals surface area contributed by atoms with Crippen molar-refractivity contribution in [3.8, 4) is 0 Å². The highest BCUT2D eigenvalue weighted by atomic mass is 35.5. The zero-order valence-corrected chi connectivity index (χ0v) is 16.5. The van der Waals surface area contributed by atoms with Crippen LogP contribution in [0.3, 0.4) is 0 Å². The molecule has 2 amide bonds. The second-order valence-electron chi connectivity index (χ2n) is 6.93. The van der Waals surface area contributed by atoms with E-state index in [0.29, 0.717) is 28.5 Å². The highest BCUT2D eigenvalue weighted by Gasteiger charge is 2.23. The van der Waals surface area contributed by atoms with E-state index in [1.54, 1.807) is 24.3 Å². The highest BCUT2D eigenvalue weighted by Crippen LogP contribution is 2.11. The molecule has 0 spiro atoms. The van der Waals surface area contributed by atoms with Gasteiger partial charge in [0.15, 0.2) is 11.5 Å². The van der Waals surface area contributed by atoms with Crippen molar-refractivity contribution in [2.45, 2.75) is 32.9 Å². The number of aromatic nitrogens is 3. The zero-order valence-electron chi connectivity index (χ0n) is 15.7. The third kappa shape index (κ3) is 4.86. The summed E-state index contributed by atoms with van der Waals surface area (Å²) >= 11 is 5.86. The first kappa shape index (κ1) is 19.8. The first-order valence-corrected chi connectivity index (χ1v) is 9.44. The fourth-order valence-electron chi connectivity index (χ4n) is 2.85. The summed E-state index contributed by atoms with van der Waals surface area (Å²) in [6, 6.07) is 11.5. The SMILES string of the molecule is CC(C)CC(NC(=O)c1ccc(Cl)cc1)C(=O)NCc1nnc2ccccn12. The number of fused-ring (bicyclic) bond motifs is 1. The van der Waals surface area contributed by atoms with Gasteiger partial charge in [-0.15, -0.1) is 10.2 Å². The van der Waals surface area contributed by atoms with Crippen molar-refractivity contribution in [2.75, 3.05) is 0 Å². The van der Waals surface area contributed by atoms with Crippen molar-refractivity contribution in [1.29, 1.82) is 0 Å². The maximum atomic E-state index is 12.7. The second kappa shape index (κ2) is 8.84. The van der Waals surface area contributed by atoms with Gasteiger partial charge >= 0.3 is 0 Å². The smallest absolute Gasteiger partial charge is 0.251 e. The summed E-state index contributed by atoms with van der Waals surface area (Å²) in [5.41, 5.74) is 1.16. The molecule has 146 valence electrons. The van der Waals surface area contributed by atoms with Gasteiger partial charge in [0.1, 0.15) is 6.04 Å². The minimum absolute atomic E-state index is 0.218. The summed E-state index contributed by atoms with van der Waals surface area (Å²) in [4.78, 5) is 25.2. The summed E-state index contributed by atoms with van der Waals surface area (Å²) in [5, 5.41) is 14.4. The summed E-state index contributed by atoms with van der Waals surface area (Å²) in [6.07, 6.45) is 2.36. The van der Waals surface area contributed by atoms with Gasteiger partial charge in [-0.3, -0.25) is 14.0 Å². The average molecular weight is 400 g/mol. The van der Waals surface area contributed by atoms with E-state index in [9.17, 15) is 9.59 Å². The number of amides is 2. The van der Waals surface area contributed by atoms with E-state index >= 15 is 0 Å². The van der Waals surface area contributed by atoms with E-state index < -0.39 is 6.04 Å². The normalized spacial score (nSPS) is 12.1. The number of nitrogens with zero attached hydrogens (tertiary/aromatic N) is 3. The molecule has 28 heavy (non-hydrogen) atoms. The molecule has 1 unspecified atom stereocenters. The van der Waals surface area contributed by atoms with E-state index in [-0.39, 0.29) is 24.3 Å². The second-order valence-corrected chi connectivity index (χ2v) is 7.36. The molecular weight excluding hydrogens is 378 g/mol. The molecule has 3 aromatic rings. The topological polar surface area (TPSA) is 88.4 Å². The van der Waals surface area contributed by atoms with Gasteiger partial charge in [0.2, 0.25) is 5.91 Å². The molecule has 2 N–H and O–H groups in total. The Morgan fingerprint density at radius 2 is 1.86 bits per heavy atom. The standard InChI is InChI=1S/C20H22ClN5O2/c1-13(2)11-16(23-19(27)14-6-8-15(21)9-7-14)20(28)22-12-18-25-24-17-5-3-4-10-26(17)18/h3-10,13,16H,11-12H2,1-2H3,(H,22,28)(H,23,27).